The van der Waals surface area contributed by atoms with E-state index in [9.17, 15) is 0 Å². The van der Waals surface area contributed by atoms with Crippen LogP contribution in [-0.2, 0) is 12.8 Å². The topological polar surface area (TPSA) is 12.0 Å². The highest BCUT2D eigenvalue weighted by Gasteiger charge is 2.20. The second-order valence-corrected chi connectivity index (χ2v) is 5.41. The minimum Gasteiger partial charge on any atom is -0.310 e. The SMILES string of the molecule is c1ccc2c(c1)CCC2NCCc1ccsc1. The molecule has 0 bridgehead atoms. The van der Waals surface area contributed by atoms with Crippen molar-refractivity contribution >= 4 is 11.3 Å². The summed E-state index contributed by atoms with van der Waals surface area (Å²) in [5.74, 6) is 0. The van der Waals surface area contributed by atoms with Crippen LogP contribution >= 0.6 is 11.3 Å². The van der Waals surface area contributed by atoms with E-state index in [0.717, 1.165) is 13.0 Å². The van der Waals surface area contributed by atoms with Gasteiger partial charge < -0.3 is 5.32 Å². The van der Waals surface area contributed by atoms with Crippen molar-refractivity contribution in [1.82, 2.24) is 5.32 Å². The van der Waals surface area contributed by atoms with Gasteiger partial charge in [-0.3, -0.25) is 0 Å². The number of hydrogen-bond donors (Lipinski definition) is 1. The van der Waals surface area contributed by atoms with E-state index >= 15 is 0 Å². The molecule has 0 aliphatic heterocycles. The summed E-state index contributed by atoms with van der Waals surface area (Å²) >= 11 is 1.78. The van der Waals surface area contributed by atoms with Crippen LogP contribution in [0.25, 0.3) is 0 Å². The molecule has 1 nitrogen and oxygen atoms in total. The van der Waals surface area contributed by atoms with E-state index in [4.69, 9.17) is 0 Å². The molecule has 1 aliphatic carbocycles. The van der Waals surface area contributed by atoms with E-state index in [-0.39, 0.29) is 0 Å². The summed E-state index contributed by atoms with van der Waals surface area (Å²) in [4.78, 5) is 0. The van der Waals surface area contributed by atoms with Crippen LogP contribution in [0, 0.1) is 0 Å². The minimum atomic E-state index is 0.574. The van der Waals surface area contributed by atoms with Crippen molar-refractivity contribution in [2.45, 2.75) is 25.3 Å². The van der Waals surface area contributed by atoms with Gasteiger partial charge in [-0.15, -0.1) is 0 Å². The first-order valence-electron chi connectivity index (χ1n) is 6.26. The van der Waals surface area contributed by atoms with Gasteiger partial charge >= 0.3 is 0 Å². The molecule has 1 heterocycles. The van der Waals surface area contributed by atoms with Gasteiger partial charge in [0.05, 0.1) is 0 Å². The smallest absolute Gasteiger partial charge is 0.0326 e. The van der Waals surface area contributed by atoms with Crippen molar-refractivity contribution in [2.24, 2.45) is 0 Å². The van der Waals surface area contributed by atoms with Crippen LogP contribution in [-0.4, -0.2) is 6.54 Å². The monoisotopic (exact) mass is 243 g/mol. The molecule has 3 rings (SSSR count). The van der Waals surface area contributed by atoms with Gasteiger partial charge in [0.25, 0.3) is 0 Å². The first kappa shape index (κ1) is 11.0. The normalized spacial score (nSPS) is 18.2. The van der Waals surface area contributed by atoms with Crippen LogP contribution in [0.2, 0.25) is 0 Å². The quantitative estimate of drug-likeness (QED) is 0.865. The van der Waals surface area contributed by atoms with Gasteiger partial charge in [-0.25, -0.2) is 0 Å². The predicted molar refractivity (Wildman–Crippen MR) is 73.5 cm³/mol. The molecule has 1 N–H and O–H groups in total. The third-order valence-electron chi connectivity index (χ3n) is 3.52. The van der Waals surface area contributed by atoms with Crippen molar-refractivity contribution in [3.8, 4) is 0 Å². The lowest BCUT2D eigenvalue weighted by atomic mass is 10.1. The molecule has 2 aromatic rings. The van der Waals surface area contributed by atoms with E-state index in [2.05, 4.69) is 46.4 Å². The average Bonchev–Trinajstić information content (AvgIpc) is 2.99. The highest BCUT2D eigenvalue weighted by Crippen LogP contribution is 2.30. The molecule has 0 radical (unpaired) electrons. The lowest BCUT2D eigenvalue weighted by Crippen LogP contribution is -2.21. The molecule has 88 valence electrons. The second-order valence-electron chi connectivity index (χ2n) is 4.63. The maximum Gasteiger partial charge on any atom is 0.0326 e. The first-order valence-corrected chi connectivity index (χ1v) is 7.20. The zero-order valence-electron chi connectivity index (χ0n) is 9.86. The van der Waals surface area contributed by atoms with Crippen LogP contribution in [0.15, 0.2) is 41.1 Å². The number of nitrogens with one attached hydrogen (secondary N) is 1. The second kappa shape index (κ2) is 5.03. The van der Waals surface area contributed by atoms with Gasteiger partial charge in [0, 0.05) is 6.04 Å². The fraction of sp³-hybridized carbons (Fsp3) is 0.333. The lowest BCUT2D eigenvalue weighted by Gasteiger charge is -2.13. The lowest BCUT2D eigenvalue weighted by molar-refractivity contribution is 0.534. The fourth-order valence-electron chi connectivity index (χ4n) is 2.59. The van der Waals surface area contributed by atoms with E-state index < -0.39 is 0 Å². The molecule has 17 heavy (non-hydrogen) atoms. The zero-order chi connectivity index (χ0) is 11.5. The van der Waals surface area contributed by atoms with E-state index in [1.165, 1.54) is 29.5 Å². The summed E-state index contributed by atoms with van der Waals surface area (Å²) in [6.45, 7) is 1.08. The largest absolute Gasteiger partial charge is 0.310 e. The van der Waals surface area contributed by atoms with Crippen LogP contribution in [0.3, 0.4) is 0 Å². The highest BCUT2D eigenvalue weighted by atomic mass is 32.1. The van der Waals surface area contributed by atoms with Gasteiger partial charge in [-0.2, -0.15) is 11.3 Å². The average molecular weight is 243 g/mol. The van der Waals surface area contributed by atoms with Crippen LogP contribution in [0.1, 0.15) is 29.2 Å². The zero-order valence-corrected chi connectivity index (χ0v) is 10.7. The van der Waals surface area contributed by atoms with Crippen molar-refractivity contribution in [2.75, 3.05) is 6.54 Å². The number of fused-ring (bicyclic) bond motifs is 1. The molecule has 0 saturated carbocycles. The molecule has 1 aromatic heterocycles. The molecule has 0 spiro atoms. The van der Waals surface area contributed by atoms with Crippen molar-refractivity contribution < 1.29 is 0 Å². The number of hydrogen-bond acceptors (Lipinski definition) is 2. The van der Waals surface area contributed by atoms with Crippen LogP contribution in [0.4, 0.5) is 0 Å². The van der Waals surface area contributed by atoms with Crippen LogP contribution < -0.4 is 5.32 Å². The van der Waals surface area contributed by atoms with Gasteiger partial charge in [-0.1, -0.05) is 24.3 Å². The summed E-state index contributed by atoms with van der Waals surface area (Å²) in [5.41, 5.74) is 4.49. The van der Waals surface area contributed by atoms with Gasteiger partial charge in [0.15, 0.2) is 0 Å². The Balaban J connectivity index is 1.57. The summed E-state index contributed by atoms with van der Waals surface area (Å²) in [5, 5.41) is 8.07. The summed E-state index contributed by atoms with van der Waals surface area (Å²) in [6, 6.07) is 11.6. The molecule has 0 fully saturated rings. The van der Waals surface area contributed by atoms with Crippen molar-refractivity contribution in [1.29, 1.82) is 0 Å². The van der Waals surface area contributed by atoms with E-state index in [1.54, 1.807) is 11.3 Å². The Bertz CT molecular complexity index is 475. The number of thiophene rings is 1. The third-order valence-corrected chi connectivity index (χ3v) is 4.25. The van der Waals surface area contributed by atoms with Crippen molar-refractivity contribution in [3.63, 3.8) is 0 Å². The van der Waals surface area contributed by atoms with E-state index in [0.29, 0.717) is 6.04 Å². The third kappa shape index (κ3) is 2.43. The van der Waals surface area contributed by atoms with Gasteiger partial charge in [-0.05, 0) is 59.3 Å². The Hall–Kier alpha value is -1.12. The number of aryl methyl sites for hydroxylation is 1. The molecular weight excluding hydrogens is 226 g/mol. The predicted octanol–water partition coefficient (Wildman–Crippen LogP) is 3.57. The molecule has 0 saturated heterocycles. The molecule has 1 unspecified atom stereocenters. The molecule has 0 amide bonds. The summed E-state index contributed by atoms with van der Waals surface area (Å²) < 4.78 is 0. The number of rotatable bonds is 4. The fourth-order valence-corrected chi connectivity index (χ4v) is 3.30. The Morgan fingerprint density at radius 3 is 3.06 bits per heavy atom. The maximum absolute atomic E-state index is 3.68. The molecular formula is C15H17NS. The number of benzene rings is 1. The maximum atomic E-state index is 3.68. The summed E-state index contributed by atoms with van der Waals surface area (Å²) in [7, 11) is 0. The highest BCUT2D eigenvalue weighted by molar-refractivity contribution is 7.07. The molecule has 2 heteroatoms. The molecule has 1 aliphatic rings. The van der Waals surface area contributed by atoms with Gasteiger partial charge in [0.1, 0.15) is 0 Å². The minimum absolute atomic E-state index is 0.574. The van der Waals surface area contributed by atoms with Crippen LogP contribution in [0.5, 0.6) is 0 Å². The van der Waals surface area contributed by atoms with Crippen molar-refractivity contribution in [3.05, 3.63) is 57.8 Å². The Kier molecular flexibility index (Phi) is 3.25. The Morgan fingerprint density at radius 2 is 2.18 bits per heavy atom. The van der Waals surface area contributed by atoms with Gasteiger partial charge in [0.2, 0.25) is 0 Å². The van der Waals surface area contributed by atoms with E-state index in [1.807, 2.05) is 0 Å². The standard InChI is InChI=1S/C15H17NS/c1-2-4-14-13(3-1)5-6-15(14)16-9-7-12-8-10-17-11-12/h1-4,8,10-11,15-16H,5-7,9H2. The molecule has 1 aromatic carbocycles. The summed E-state index contributed by atoms with van der Waals surface area (Å²) in [6.07, 6.45) is 3.62. The Morgan fingerprint density at radius 1 is 1.24 bits per heavy atom. The Labute approximate surface area is 106 Å². The molecule has 1 atom stereocenters. The first-order chi connectivity index (χ1) is 8.43.